The van der Waals surface area contributed by atoms with E-state index in [1.54, 1.807) is 11.9 Å². The Morgan fingerprint density at radius 3 is 2.28 bits per heavy atom. The highest BCUT2D eigenvalue weighted by Crippen LogP contribution is 2.38. The highest BCUT2D eigenvalue weighted by Gasteiger charge is 2.42. The van der Waals surface area contributed by atoms with Gasteiger partial charge >= 0.3 is 0 Å². The molecule has 0 bridgehead atoms. The number of nitrogens with zero attached hydrogens (tertiary/aromatic N) is 3. The molecule has 0 saturated heterocycles. The summed E-state index contributed by atoms with van der Waals surface area (Å²) in [5, 5.41) is 6.76. The lowest BCUT2D eigenvalue weighted by Gasteiger charge is -2.31. The van der Waals surface area contributed by atoms with Gasteiger partial charge in [-0.2, -0.15) is 0 Å². The van der Waals surface area contributed by atoms with Gasteiger partial charge in [0, 0.05) is 53.0 Å². The number of carbonyl (C=O) groups is 1. The molecule has 1 aromatic carbocycles. The van der Waals surface area contributed by atoms with Gasteiger partial charge in [-0.25, -0.2) is 0 Å². The molecule has 1 heterocycles. The highest BCUT2D eigenvalue weighted by molar-refractivity contribution is 14.0. The van der Waals surface area contributed by atoms with Gasteiger partial charge in [0.1, 0.15) is 0 Å². The van der Waals surface area contributed by atoms with Gasteiger partial charge in [0.2, 0.25) is 5.91 Å². The summed E-state index contributed by atoms with van der Waals surface area (Å²) in [7, 11) is 5.46. The molecule has 0 radical (unpaired) electrons. The number of nitrogens with one attached hydrogen (secondary N) is 2. The maximum Gasteiger partial charge on any atom is 0.230 e. The van der Waals surface area contributed by atoms with Crippen molar-refractivity contribution >= 4 is 41.5 Å². The summed E-state index contributed by atoms with van der Waals surface area (Å²) >= 11 is 0. The van der Waals surface area contributed by atoms with Crippen molar-refractivity contribution in [1.82, 2.24) is 15.5 Å². The number of aliphatic imine (C=N–C) groups is 1. The average Bonchev–Trinajstić information content (AvgIpc) is 3.41. The first kappa shape index (κ1) is 23.5. The molecule has 1 aliphatic heterocycles. The Bertz CT molecular complexity index is 715. The van der Waals surface area contributed by atoms with E-state index in [9.17, 15) is 4.79 Å². The third-order valence-electron chi connectivity index (χ3n) is 5.82. The van der Waals surface area contributed by atoms with Crippen molar-refractivity contribution in [3.8, 4) is 0 Å². The van der Waals surface area contributed by atoms with E-state index in [1.807, 2.05) is 14.1 Å². The Kier molecular flexibility index (Phi) is 8.79. The van der Waals surface area contributed by atoms with Crippen molar-refractivity contribution in [2.75, 3.05) is 45.7 Å². The Morgan fingerprint density at radius 2 is 1.72 bits per heavy atom. The lowest BCUT2D eigenvalue weighted by atomic mass is 9.84. The lowest BCUT2D eigenvalue weighted by molar-refractivity contribution is -0.138. The van der Waals surface area contributed by atoms with Crippen LogP contribution in [0.4, 0.5) is 5.69 Å². The minimum atomic E-state index is -0.299. The molecule has 1 aliphatic carbocycles. The van der Waals surface area contributed by atoms with Crippen LogP contribution in [0, 0.1) is 5.41 Å². The third kappa shape index (κ3) is 5.87. The summed E-state index contributed by atoms with van der Waals surface area (Å²) in [6.07, 6.45) is 8.52. The number of amides is 1. The second kappa shape index (κ2) is 10.8. The van der Waals surface area contributed by atoms with Gasteiger partial charge in [-0.3, -0.25) is 9.79 Å². The van der Waals surface area contributed by atoms with Gasteiger partial charge < -0.3 is 20.4 Å². The molecule has 0 aromatic heterocycles. The van der Waals surface area contributed by atoms with Crippen molar-refractivity contribution in [1.29, 1.82) is 0 Å². The largest absolute Gasteiger partial charge is 0.364 e. The van der Waals surface area contributed by atoms with Gasteiger partial charge in [-0.05, 0) is 30.5 Å². The normalized spacial score (nSPS) is 17.8. The van der Waals surface area contributed by atoms with Crippen LogP contribution < -0.4 is 15.5 Å². The summed E-state index contributed by atoms with van der Waals surface area (Å²) in [6, 6.07) is 8.65. The summed E-state index contributed by atoms with van der Waals surface area (Å²) in [6.45, 7) is 3.31. The van der Waals surface area contributed by atoms with Crippen LogP contribution in [0.5, 0.6) is 0 Å². The zero-order valence-corrected chi connectivity index (χ0v) is 20.1. The van der Waals surface area contributed by atoms with Crippen LogP contribution in [-0.4, -0.2) is 57.5 Å². The van der Waals surface area contributed by atoms with E-state index in [4.69, 9.17) is 0 Å². The van der Waals surface area contributed by atoms with E-state index in [0.717, 1.165) is 44.7 Å². The number of halogens is 1. The molecule has 1 saturated carbocycles. The fourth-order valence-corrected chi connectivity index (χ4v) is 4.17. The Morgan fingerprint density at radius 1 is 1.10 bits per heavy atom. The van der Waals surface area contributed by atoms with E-state index in [-0.39, 0.29) is 35.3 Å². The standard InChI is InChI=1S/C22H33N5O.HI/c1-23-21(25-17-22(12-4-5-13-22)20(28)26(2)3)24-16-18-8-10-19(11-9-18)27-14-6-7-15-27;/h6-11H,4-5,12-17H2,1-3H3,(H2,23,24,25);1H. The van der Waals surface area contributed by atoms with Gasteiger partial charge in [0.25, 0.3) is 0 Å². The first-order valence-corrected chi connectivity index (χ1v) is 10.2. The van der Waals surface area contributed by atoms with Crippen LogP contribution in [0.2, 0.25) is 0 Å². The predicted octanol–water partition coefficient (Wildman–Crippen LogP) is 2.99. The first-order valence-electron chi connectivity index (χ1n) is 10.2. The molecule has 1 amide bonds. The molecule has 160 valence electrons. The molecule has 1 aromatic rings. The Labute approximate surface area is 191 Å². The smallest absolute Gasteiger partial charge is 0.230 e. The number of hydrogen-bond acceptors (Lipinski definition) is 3. The second-order valence-electron chi connectivity index (χ2n) is 8.01. The maximum absolute atomic E-state index is 12.7. The van der Waals surface area contributed by atoms with E-state index in [2.05, 4.69) is 56.9 Å². The molecule has 0 spiro atoms. The van der Waals surface area contributed by atoms with Gasteiger partial charge in [0.15, 0.2) is 5.96 Å². The van der Waals surface area contributed by atoms with Crippen molar-refractivity contribution < 1.29 is 4.79 Å². The number of benzene rings is 1. The average molecular weight is 511 g/mol. The Balaban J connectivity index is 0.00000300. The van der Waals surface area contributed by atoms with Gasteiger partial charge in [-0.15, -0.1) is 24.0 Å². The quantitative estimate of drug-likeness (QED) is 0.267. The van der Waals surface area contributed by atoms with Gasteiger partial charge in [-0.1, -0.05) is 37.1 Å². The number of anilines is 1. The van der Waals surface area contributed by atoms with Crippen LogP contribution in [-0.2, 0) is 11.3 Å². The van der Waals surface area contributed by atoms with E-state index >= 15 is 0 Å². The van der Waals surface area contributed by atoms with Crippen LogP contribution >= 0.6 is 24.0 Å². The lowest BCUT2D eigenvalue weighted by Crippen LogP contribution is -2.49. The van der Waals surface area contributed by atoms with Crippen LogP contribution in [0.15, 0.2) is 41.4 Å². The predicted molar refractivity (Wildman–Crippen MR) is 131 cm³/mol. The summed E-state index contributed by atoms with van der Waals surface area (Å²) in [4.78, 5) is 21.1. The number of guanidine groups is 1. The summed E-state index contributed by atoms with van der Waals surface area (Å²) in [5.74, 6) is 0.964. The molecule has 0 atom stereocenters. The monoisotopic (exact) mass is 511 g/mol. The fraction of sp³-hybridized carbons (Fsp3) is 0.545. The third-order valence-corrected chi connectivity index (χ3v) is 5.82. The zero-order valence-electron chi connectivity index (χ0n) is 17.8. The topological polar surface area (TPSA) is 60.0 Å². The molecule has 7 heteroatoms. The maximum atomic E-state index is 12.7. The fourth-order valence-electron chi connectivity index (χ4n) is 4.17. The molecule has 29 heavy (non-hydrogen) atoms. The molecule has 2 aliphatic rings. The minimum Gasteiger partial charge on any atom is -0.364 e. The van der Waals surface area contributed by atoms with Crippen molar-refractivity contribution in [2.24, 2.45) is 10.4 Å². The van der Waals surface area contributed by atoms with Crippen LogP contribution in [0.3, 0.4) is 0 Å². The molecular weight excluding hydrogens is 477 g/mol. The zero-order chi connectivity index (χ0) is 20.0. The molecule has 0 unspecified atom stereocenters. The van der Waals surface area contributed by atoms with Crippen LogP contribution in [0.25, 0.3) is 0 Å². The van der Waals surface area contributed by atoms with Crippen molar-refractivity contribution in [3.63, 3.8) is 0 Å². The van der Waals surface area contributed by atoms with E-state index in [1.165, 1.54) is 11.3 Å². The molecular formula is C22H34IN5O. The minimum absolute atomic E-state index is 0. The first-order chi connectivity index (χ1) is 13.5. The SMILES string of the molecule is CN=C(NCc1ccc(N2CC=CC2)cc1)NCC1(C(=O)N(C)C)CCCC1.I. The summed E-state index contributed by atoms with van der Waals surface area (Å²) < 4.78 is 0. The Hall–Kier alpha value is -1.77. The van der Waals surface area contributed by atoms with E-state index in [0.29, 0.717) is 13.1 Å². The van der Waals surface area contributed by atoms with Crippen molar-refractivity contribution in [3.05, 3.63) is 42.0 Å². The summed E-state index contributed by atoms with van der Waals surface area (Å²) in [5.41, 5.74) is 2.16. The highest BCUT2D eigenvalue weighted by atomic mass is 127. The molecule has 6 nitrogen and oxygen atoms in total. The molecule has 2 N–H and O–H groups in total. The number of rotatable bonds is 6. The number of carbonyl (C=O) groups excluding carboxylic acids is 1. The van der Waals surface area contributed by atoms with Crippen LogP contribution in [0.1, 0.15) is 31.2 Å². The molecule has 3 rings (SSSR count). The van der Waals surface area contributed by atoms with Crippen molar-refractivity contribution in [2.45, 2.75) is 32.2 Å². The second-order valence-corrected chi connectivity index (χ2v) is 8.01. The van der Waals surface area contributed by atoms with E-state index < -0.39 is 0 Å². The molecule has 1 fully saturated rings. The van der Waals surface area contributed by atoms with Gasteiger partial charge in [0.05, 0.1) is 5.41 Å². The number of hydrogen-bond donors (Lipinski definition) is 2.